The fraction of sp³-hybridized carbons (Fsp3) is 0.923. The van der Waals surface area contributed by atoms with Gasteiger partial charge in [-0.05, 0) is 32.6 Å². The second-order valence-corrected chi connectivity index (χ2v) is 5.82. The quantitative estimate of drug-likeness (QED) is 0.796. The highest BCUT2D eigenvalue weighted by atomic mass is 16.5. The second kappa shape index (κ2) is 4.94. The molecule has 0 aromatic heterocycles. The third-order valence-corrected chi connectivity index (χ3v) is 4.28. The van der Waals surface area contributed by atoms with Gasteiger partial charge in [0.15, 0.2) is 0 Å². The fourth-order valence-corrected chi connectivity index (χ4v) is 3.17. The van der Waals surface area contributed by atoms with Crippen molar-refractivity contribution in [2.45, 2.75) is 51.2 Å². The smallest absolute Gasteiger partial charge is 0.329 e. The Morgan fingerprint density at radius 3 is 2.59 bits per heavy atom. The minimum Gasteiger partial charge on any atom is -0.480 e. The number of hydrogen-bond donors (Lipinski definition) is 1. The van der Waals surface area contributed by atoms with Crippen LogP contribution in [0.15, 0.2) is 0 Å². The standard InChI is InChI=1S/C13H23NO3/c1-10(11-5-3-4-6-11)14-8-13(2,9-14)17-7-12(15)16/h10-11H,3-9H2,1-2H3,(H,15,16). The van der Waals surface area contributed by atoms with Crippen LogP contribution in [-0.4, -0.2) is 47.3 Å². The molecule has 98 valence electrons. The Morgan fingerprint density at radius 1 is 1.47 bits per heavy atom. The molecule has 2 rings (SSSR count). The molecule has 1 atom stereocenters. The molecule has 4 heteroatoms. The van der Waals surface area contributed by atoms with Gasteiger partial charge in [0.1, 0.15) is 6.61 Å². The Hall–Kier alpha value is -0.610. The van der Waals surface area contributed by atoms with Crippen molar-refractivity contribution in [3.63, 3.8) is 0 Å². The van der Waals surface area contributed by atoms with Crippen LogP contribution in [0.5, 0.6) is 0 Å². The molecule has 0 aromatic rings. The van der Waals surface area contributed by atoms with Gasteiger partial charge in [0.2, 0.25) is 0 Å². The molecule has 1 aliphatic carbocycles. The molecule has 0 amide bonds. The molecule has 1 saturated heterocycles. The Bertz CT molecular complexity index is 280. The van der Waals surface area contributed by atoms with E-state index in [1.807, 2.05) is 6.92 Å². The summed E-state index contributed by atoms with van der Waals surface area (Å²) >= 11 is 0. The summed E-state index contributed by atoms with van der Waals surface area (Å²) in [6, 6.07) is 0.624. The van der Waals surface area contributed by atoms with Crippen LogP contribution in [0.4, 0.5) is 0 Å². The molecule has 1 heterocycles. The van der Waals surface area contributed by atoms with E-state index in [2.05, 4.69) is 11.8 Å². The summed E-state index contributed by atoms with van der Waals surface area (Å²) in [6.45, 7) is 5.87. The maximum absolute atomic E-state index is 10.5. The first-order valence-corrected chi connectivity index (χ1v) is 6.60. The molecule has 1 saturated carbocycles. The van der Waals surface area contributed by atoms with Crippen molar-refractivity contribution in [2.75, 3.05) is 19.7 Å². The summed E-state index contributed by atoms with van der Waals surface area (Å²) in [5.41, 5.74) is -0.245. The van der Waals surface area contributed by atoms with Crippen molar-refractivity contribution in [2.24, 2.45) is 5.92 Å². The van der Waals surface area contributed by atoms with E-state index >= 15 is 0 Å². The zero-order valence-corrected chi connectivity index (χ0v) is 10.8. The van der Waals surface area contributed by atoms with Gasteiger partial charge in [0.05, 0.1) is 5.60 Å². The highest BCUT2D eigenvalue weighted by Gasteiger charge is 2.43. The van der Waals surface area contributed by atoms with Crippen LogP contribution in [0, 0.1) is 5.92 Å². The molecule has 0 radical (unpaired) electrons. The average Bonchev–Trinajstić information content (AvgIpc) is 2.74. The van der Waals surface area contributed by atoms with Crippen LogP contribution in [0.3, 0.4) is 0 Å². The van der Waals surface area contributed by atoms with Crippen molar-refractivity contribution < 1.29 is 14.6 Å². The molecule has 17 heavy (non-hydrogen) atoms. The van der Waals surface area contributed by atoms with Gasteiger partial charge in [-0.1, -0.05) is 12.8 Å². The number of carbonyl (C=O) groups is 1. The molecule has 0 aromatic carbocycles. The summed E-state index contributed by atoms with van der Waals surface area (Å²) in [5, 5.41) is 8.61. The van der Waals surface area contributed by atoms with Crippen LogP contribution in [0.25, 0.3) is 0 Å². The molecular formula is C13H23NO3. The van der Waals surface area contributed by atoms with Crippen LogP contribution >= 0.6 is 0 Å². The van der Waals surface area contributed by atoms with Gasteiger partial charge in [0.25, 0.3) is 0 Å². The van der Waals surface area contributed by atoms with Gasteiger partial charge < -0.3 is 9.84 Å². The van der Waals surface area contributed by atoms with Crippen molar-refractivity contribution in [3.05, 3.63) is 0 Å². The van der Waals surface area contributed by atoms with Gasteiger partial charge in [-0.3, -0.25) is 4.90 Å². The summed E-state index contributed by atoms with van der Waals surface area (Å²) in [7, 11) is 0. The zero-order valence-electron chi connectivity index (χ0n) is 10.8. The summed E-state index contributed by atoms with van der Waals surface area (Å²) in [5.74, 6) is -0.0486. The molecule has 2 aliphatic rings. The predicted octanol–water partition coefficient (Wildman–Crippen LogP) is 1.74. The van der Waals surface area contributed by atoms with Gasteiger partial charge in [-0.25, -0.2) is 4.79 Å². The number of ether oxygens (including phenoxy) is 1. The molecule has 0 spiro atoms. The van der Waals surface area contributed by atoms with E-state index in [0.29, 0.717) is 6.04 Å². The van der Waals surface area contributed by atoms with E-state index in [1.165, 1.54) is 25.7 Å². The van der Waals surface area contributed by atoms with Crippen molar-refractivity contribution in [1.29, 1.82) is 0 Å². The normalized spacial score (nSPS) is 26.7. The Morgan fingerprint density at radius 2 is 2.06 bits per heavy atom. The van der Waals surface area contributed by atoms with Crippen molar-refractivity contribution in [1.82, 2.24) is 4.90 Å². The number of carboxylic acids is 1. The van der Waals surface area contributed by atoms with Gasteiger partial charge in [-0.2, -0.15) is 0 Å². The number of rotatable bonds is 5. The van der Waals surface area contributed by atoms with E-state index < -0.39 is 5.97 Å². The highest BCUT2D eigenvalue weighted by molar-refractivity contribution is 5.68. The Labute approximate surface area is 103 Å². The van der Waals surface area contributed by atoms with Crippen LogP contribution in [0.2, 0.25) is 0 Å². The number of carboxylic acid groups (broad SMARTS) is 1. The zero-order chi connectivity index (χ0) is 12.5. The lowest BCUT2D eigenvalue weighted by Gasteiger charge is -2.51. The van der Waals surface area contributed by atoms with Crippen LogP contribution in [0.1, 0.15) is 39.5 Å². The van der Waals surface area contributed by atoms with Crippen molar-refractivity contribution in [3.8, 4) is 0 Å². The Balaban J connectivity index is 1.75. The first-order chi connectivity index (χ1) is 8.00. The van der Waals surface area contributed by atoms with Gasteiger partial charge in [0, 0.05) is 19.1 Å². The van der Waals surface area contributed by atoms with E-state index in [0.717, 1.165) is 19.0 Å². The number of aliphatic carboxylic acids is 1. The second-order valence-electron chi connectivity index (χ2n) is 5.82. The summed E-state index contributed by atoms with van der Waals surface area (Å²) < 4.78 is 5.43. The molecule has 1 aliphatic heterocycles. The third-order valence-electron chi connectivity index (χ3n) is 4.28. The van der Waals surface area contributed by atoms with Gasteiger partial charge >= 0.3 is 5.97 Å². The number of hydrogen-bond acceptors (Lipinski definition) is 3. The topological polar surface area (TPSA) is 49.8 Å². The molecule has 0 bridgehead atoms. The van der Waals surface area contributed by atoms with Crippen molar-refractivity contribution >= 4 is 5.97 Å². The molecule has 1 N–H and O–H groups in total. The summed E-state index contributed by atoms with van der Waals surface area (Å²) in [6.07, 6.45) is 5.44. The number of nitrogens with zero attached hydrogens (tertiary/aromatic N) is 1. The lowest BCUT2D eigenvalue weighted by Crippen LogP contribution is -2.65. The third kappa shape index (κ3) is 2.99. The maximum atomic E-state index is 10.5. The molecule has 1 unspecified atom stereocenters. The van der Waals surface area contributed by atoms with Crippen LogP contribution < -0.4 is 0 Å². The van der Waals surface area contributed by atoms with Crippen LogP contribution in [-0.2, 0) is 9.53 Å². The molecule has 2 fully saturated rings. The lowest BCUT2D eigenvalue weighted by atomic mass is 9.89. The van der Waals surface area contributed by atoms with Gasteiger partial charge in [-0.15, -0.1) is 0 Å². The minimum absolute atomic E-state index is 0.178. The SMILES string of the molecule is CC(C1CCCC1)N1CC(C)(OCC(=O)O)C1. The first-order valence-electron chi connectivity index (χ1n) is 6.60. The molecule has 4 nitrogen and oxygen atoms in total. The average molecular weight is 241 g/mol. The monoisotopic (exact) mass is 241 g/mol. The first kappa shape index (κ1) is 12.8. The lowest BCUT2D eigenvalue weighted by molar-refractivity contribution is -0.171. The fourth-order valence-electron chi connectivity index (χ4n) is 3.17. The minimum atomic E-state index is -0.881. The number of likely N-dealkylation sites (tertiary alicyclic amines) is 1. The van der Waals surface area contributed by atoms with E-state index in [1.54, 1.807) is 0 Å². The largest absolute Gasteiger partial charge is 0.480 e. The maximum Gasteiger partial charge on any atom is 0.329 e. The Kier molecular flexibility index (Phi) is 3.73. The van der Waals surface area contributed by atoms with E-state index in [-0.39, 0.29) is 12.2 Å². The molecular weight excluding hydrogens is 218 g/mol. The van der Waals surface area contributed by atoms with E-state index in [9.17, 15) is 4.79 Å². The predicted molar refractivity (Wildman–Crippen MR) is 65.0 cm³/mol. The highest BCUT2D eigenvalue weighted by Crippen LogP contribution is 2.35. The van der Waals surface area contributed by atoms with E-state index in [4.69, 9.17) is 9.84 Å². The summed E-state index contributed by atoms with van der Waals surface area (Å²) in [4.78, 5) is 12.9.